The van der Waals surface area contributed by atoms with Crippen molar-refractivity contribution in [2.45, 2.75) is 56.4 Å². The summed E-state index contributed by atoms with van der Waals surface area (Å²) in [6.45, 7) is 3.09. The van der Waals surface area contributed by atoms with E-state index in [0.29, 0.717) is 36.4 Å². The molecule has 2 aromatic heterocycles. The van der Waals surface area contributed by atoms with Crippen molar-refractivity contribution in [2.75, 3.05) is 27.2 Å². The van der Waals surface area contributed by atoms with Gasteiger partial charge in [0.2, 0.25) is 11.8 Å². The SMILES string of the molecule is Cc1ccc(S(=O)(=O)n2ccc3c(Oc4ccc(CC(NC(=O)C5CCCCC5)C(=O)NCCN(C)C)cc4)ccnc32)cc1. The van der Waals surface area contributed by atoms with Gasteiger partial charge in [-0.15, -0.1) is 0 Å². The predicted molar refractivity (Wildman–Crippen MR) is 174 cm³/mol. The third-order valence-corrected chi connectivity index (χ3v) is 9.83. The summed E-state index contributed by atoms with van der Waals surface area (Å²) in [6, 6.07) is 16.7. The van der Waals surface area contributed by atoms with Crippen LogP contribution in [0.3, 0.4) is 0 Å². The van der Waals surface area contributed by atoms with Crippen molar-refractivity contribution in [3.63, 3.8) is 0 Å². The average molecular weight is 632 g/mol. The molecule has 1 fully saturated rings. The van der Waals surface area contributed by atoms with E-state index < -0.39 is 16.1 Å². The molecule has 2 N–H and O–H groups in total. The Hall–Kier alpha value is -4.22. The molecule has 0 aliphatic heterocycles. The number of hydrogen-bond acceptors (Lipinski definition) is 7. The maximum absolute atomic E-state index is 13.3. The highest BCUT2D eigenvalue weighted by Gasteiger charge is 2.27. The fourth-order valence-electron chi connectivity index (χ4n) is 5.54. The zero-order valence-electron chi connectivity index (χ0n) is 26.0. The molecule has 45 heavy (non-hydrogen) atoms. The first kappa shape index (κ1) is 32.2. The zero-order chi connectivity index (χ0) is 32.0. The second-order valence-corrected chi connectivity index (χ2v) is 13.7. The van der Waals surface area contributed by atoms with E-state index in [4.69, 9.17) is 4.74 Å². The molecule has 238 valence electrons. The summed E-state index contributed by atoms with van der Waals surface area (Å²) in [6.07, 6.45) is 8.27. The number of rotatable bonds is 12. The second kappa shape index (κ2) is 14.3. The Morgan fingerprint density at radius 1 is 1.00 bits per heavy atom. The number of benzene rings is 2. The Labute approximate surface area is 264 Å². The maximum atomic E-state index is 13.3. The molecule has 0 spiro atoms. The number of ether oxygens (including phenoxy) is 1. The fraction of sp³-hybridized carbons (Fsp3) is 0.382. The summed E-state index contributed by atoms with van der Waals surface area (Å²) < 4.78 is 34.0. The Morgan fingerprint density at radius 3 is 2.40 bits per heavy atom. The Kier molecular flexibility index (Phi) is 10.2. The van der Waals surface area contributed by atoms with E-state index in [-0.39, 0.29) is 28.3 Å². The van der Waals surface area contributed by atoms with Crippen LogP contribution in [0.2, 0.25) is 0 Å². The lowest BCUT2D eigenvalue weighted by Gasteiger charge is -2.25. The van der Waals surface area contributed by atoms with Crippen LogP contribution in [0, 0.1) is 12.8 Å². The largest absolute Gasteiger partial charge is 0.457 e. The van der Waals surface area contributed by atoms with Crippen molar-refractivity contribution in [1.29, 1.82) is 0 Å². The number of likely N-dealkylation sites (N-methyl/N-ethyl adjacent to an activating group) is 1. The third kappa shape index (κ3) is 7.90. The van der Waals surface area contributed by atoms with Crippen LogP contribution in [0.25, 0.3) is 11.0 Å². The molecule has 0 radical (unpaired) electrons. The number of nitrogens with zero attached hydrogens (tertiary/aromatic N) is 3. The van der Waals surface area contributed by atoms with E-state index in [9.17, 15) is 18.0 Å². The van der Waals surface area contributed by atoms with Crippen molar-refractivity contribution < 1.29 is 22.7 Å². The van der Waals surface area contributed by atoms with Gasteiger partial charge < -0.3 is 20.3 Å². The second-order valence-electron chi connectivity index (χ2n) is 11.9. The van der Waals surface area contributed by atoms with Gasteiger partial charge in [0.1, 0.15) is 17.5 Å². The summed E-state index contributed by atoms with van der Waals surface area (Å²) in [5, 5.41) is 6.53. The molecular weight excluding hydrogens is 590 g/mol. The molecule has 1 unspecified atom stereocenters. The first-order valence-electron chi connectivity index (χ1n) is 15.4. The topological polar surface area (TPSA) is 123 Å². The standard InChI is InChI=1S/C34H41N5O5S/c1-24-9-15-28(16-10-24)45(42,43)39-21-18-29-31(17-19-35-32(29)39)44-27-13-11-25(12-14-27)23-30(34(41)36-20-22-38(2)3)37-33(40)26-7-5-4-6-8-26/h9-19,21,26,30H,4-8,20,22-23H2,1-3H3,(H,36,41)(H,37,40). The molecule has 0 bridgehead atoms. The van der Waals surface area contributed by atoms with Crippen molar-refractivity contribution in [3.05, 3.63) is 84.2 Å². The van der Waals surface area contributed by atoms with Gasteiger partial charge in [-0.05, 0) is 75.8 Å². The van der Waals surface area contributed by atoms with Crippen LogP contribution < -0.4 is 15.4 Å². The first-order chi connectivity index (χ1) is 21.6. The molecule has 4 aromatic rings. The molecule has 1 aliphatic carbocycles. The summed E-state index contributed by atoms with van der Waals surface area (Å²) >= 11 is 0. The van der Waals surface area contributed by atoms with Crippen molar-refractivity contribution in [3.8, 4) is 11.5 Å². The van der Waals surface area contributed by atoms with Crippen LogP contribution in [-0.4, -0.2) is 67.3 Å². The van der Waals surface area contributed by atoms with Crippen molar-refractivity contribution >= 4 is 32.9 Å². The van der Waals surface area contributed by atoms with Crippen LogP contribution in [-0.2, 0) is 26.0 Å². The van der Waals surface area contributed by atoms with Gasteiger partial charge in [-0.1, -0.05) is 49.1 Å². The van der Waals surface area contributed by atoms with Gasteiger partial charge in [0, 0.05) is 37.8 Å². The molecular formula is C34H41N5O5S. The summed E-state index contributed by atoms with van der Waals surface area (Å²) in [7, 11) is 0.0391. The highest BCUT2D eigenvalue weighted by Crippen LogP contribution is 2.31. The Balaban J connectivity index is 1.30. The highest BCUT2D eigenvalue weighted by atomic mass is 32.2. The van der Waals surface area contributed by atoms with Gasteiger partial charge in [0.05, 0.1) is 10.3 Å². The lowest BCUT2D eigenvalue weighted by Crippen LogP contribution is -2.50. The molecule has 1 aliphatic rings. The molecule has 11 heteroatoms. The van der Waals surface area contributed by atoms with E-state index in [0.717, 1.165) is 47.2 Å². The van der Waals surface area contributed by atoms with Gasteiger partial charge in [-0.3, -0.25) is 9.59 Å². The summed E-state index contributed by atoms with van der Waals surface area (Å²) in [5.74, 6) is 0.693. The lowest BCUT2D eigenvalue weighted by molar-refractivity contribution is -0.131. The molecule has 10 nitrogen and oxygen atoms in total. The predicted octanol–water partition coefficient (Wildman–Crippen LogP) is 4.66. The monoisotopic (exact) mass is 631 g/mol. The maximum Gasteiger partial charge on any atom is 0.269 e. The number of amides is 2. The van der Waals surface area contributed by atoms with Gasteiger partial charge in [0.25, 0.3) is 10.0 Å². The molecule has 2 heterocycles. The van der Waals surface area contributed by atoms with Crippen LogP contribution in [0.5, 0.6) is 11.5 Å². The highest BCUT2D eigenvalue weighted by molar-refractivity contribution is 7.90. The average Bonchev–Trinajstić information content (AvgIpc) is 3.48. The number of hydrogen-bond donors (Lipinski definition) is 2. The van der Waals surface area contributed by atoms with Gasteiger partial charge in [-0.25, -0.2) is 17.4 Å². The van der Waals surface area contributed by atoms with E-state index in [2.05, 4.69) is 15.6 Å². The molecule has 5 rings (SSSR count). The van der Waals surface area contributed by atoms with Gasteiger partial charge in [0.15, 0.2) is 5.65 Å². The Morgan fingerprint density at radius 2 is 1.71 bits per heavy atom. The molecule has 2 amide bonds. The molecule has 1 atom stereocenters. The zero-order valence-corrected chi connectivity index (χ0v) is 26.8. The number of carbonyl (C=O) groups is 2. The third-order valence-electron chi connectivity index (χ3n) is 8.15. The van der Waals surface area contributed by atoms with Crippen LogP contribution >= 0.6 is 0 Å². The van der Waals surface area contributed by atoms with E-state index in [1.807, 2.05) is 38.1 Å². The number of aromatic nitrogens is 2. The van der Waals surface area contributed by atoms with Crippen molar-refractivity contribution in [2.24, 2.45) is 5.92 Å². The smallest absolute Gasteiger partial charge is 0.269 e. The van der Waals surface area contributed by atoms with Crippen LogP contribution in [0.1, 0.15) is 43.2 Å². The van der Waals surface area contributed by atoms with E-state index in [1.54, 1.807) is 48.5 Å². The Bertz CT molecular complexity index is 1730. The van der Waals surface area contributed by atoms with Gasteiger partial charge >= 0.3 is 0 Å². The van der Waals surface area contributed by atoms with Gasteiger partial charge in [-0.2, -0.15) is 0 Å². The number of fused-ring (bicyclic) bond motifs is 1. The fourth-order valence-corrected chi connectivity index (χ4v) is 6.84. The van der Waals surface area contributed by atoms with E-state index in [1.165, 1.54) is 12.4 Å². The number of carbonyl (C=O) groups excluding carboxylic acids is 2. The van der Waals surface area contributed by atoms with E-state index >= 15 is 0 Å². The first-order valence-corrected chi connectivity index (χ1v) is 16.8. The minimum absolute atomic E-state index is 0.0504. The van der Waals surface area contributed by atoms with Crippen LogP contribution in [0.15, 0.2) is 78.0 Å². The minimum atomic E-state index is -3.85. The number of nitrogens with one attached hydrogen (secondary N) is 2. The molecule has 2 aromatic carbocycles. The lowest BCUT2D eigenvalue weighted by atomic mass is 9.88. The molecule has 1 saturated carbocycles. The molecule has 0 saturated heterocycles. The quantitative estimate of drug-likeness (QED) is 0.233. The summed E-state index contributed by atoms with van der Waals surface area (Å²) in [5.41, 5.74) is 2.10. The van der Waals surface area contributed by atoms with Crippen LogP contribution in [0.4, 0.5) is 0 Å². The van der Waals surface area contributed by atoms with Crippen molar-refractivity contribution in [1.82, 2.24) is 24.5 Å². The number of aryl methyl sites for hydroxylation is 1. The minimum Gasteiger partial charge on any atom is -0.457 e. The normalized spacial score (nSPS) is 14.8. The summed E-state index contributed by atoms with van der Waals surface area (Å²) in [4.78, 5) is 32.7. The number of pyridine rings is 1.